The highest BCUT2D eigenvalue weighted by atomic mass is 79.9. The fourth-order valence-electron chi connectivity index (χ4n) is 1.44. The number of benzene rings is 1. The Morgan fingerprint density at radius 2 is 2.12 bits per heavy atom. The molecular weight excluding hydrogens is 268 g/mol. The largest absolute Gasteiger partial charge is 0.376 e. The monoisotopic (exact) mass is 284 g/mol. The Balaban J connectivity index is 2.92. The molecule has 0 bridgehead atoms. The molecule has 0 aliphatic rings. The Kier molecular flexibility index (Phi) is 4.80. The van der Waals surface area contributed by atoms with Gasteiger partial charge in [-0.2, -0.15) is 0 Å². The third-order valence-corrected chi connectivity index (χ3v) is 2.68. The van der Waals surface area contributed by atoms with E-state index >= 15 is 0 Å². The molecule has 0 saturated heterocycles. The lowest BCUT2D eigenvalue weighted by molar-refractivity contribution is -0.116. The highest BCUT2D eigenvalue weighted by Gasteiger charge is 2.08. The van der Waals surface area contributed by atoms with Gasteiger partial charge in [-0.15, -0.1) is 0 Å². The second-order valence-corrected chi connectivity index (χ2v) is 4.77. The Morgan fingerprint density at radius 1 is 1.44 bits per heavy atom. The van der Waals surface area contributed by atoms with Gasteiger partial charge in [-0.25, -0.2) is 0 Å². The molecular formula is C12H17BrN2O. The Labute approximate surface area is 105 Å². The van der Waals surface area contributed by atoms with Gasteiger partial charge in [0, 0.05) is 25.0 Å². The fourth-order valence-corrected chi connectivity index (χ4v) is 1.80. The van der Waals surface area contributed by atoms with Crippen molar-refractivity contribution in [1.29, 1.82) is 0 Å². The highest BCUT2D eigenvalue weighted by molar-refractivity contribution is 9.10. The minimum absolute atomic E-state index is 0.0590. The number of carbonyl (C=O) groups is 1. The van der Waals surface area contributed by atoms with E-state index in [2.05, 4.69) is 21.2 Å². The molecule has 3 nitrogen and oxygen atoms in total. The number of rotatable bonds is 4. The minimum Gasteiger partial charge on any atom is -0.376 e. The highest BCUT2D eigenvalue weighted by Crippen LogP contribution is 2.28. The van der Waals surface area contributed by atoms with Crippen LogP contribution in [-0.4, -0.2) is 20.0 Å². The van der Waals surface area contributed by atoms with Crippen molar-refractivity contribution >= 4 is 33.2 Å². The number of hydrogen-bond acceptors (Lipinski definition) is 2. The zero-order valence-electron chi connectivity index (χ0n) is 9.88. The summed E-state index contributed by atoms with van der Waals surface area (Å²) in [5.74, 6) is 0.0590. The summed E-state index contributed by atoms with van der Waals surface area (Å²) in [6.45, 7) is 1.99. The van der Waals surface area contributed by atoms with Gasteiger partial charge in [0.05, 0.1) is 11.4 Å². The predicted octanol–water partition coefficient (Wildman–Crippen LogP) is 3.25. The van der Waals surface area contributed by atoms with Crippen molar-refractivity contribution in [1.82, 2.24) is 0 Å². The number of anilines is 2. The van der Waals surface area contributed by atoms with Gasteiger partial charge in [0.1, 0.15) is 0 Å². The van der Waals surface area contributed by atoms with Gasteiger partial charge < -0.3 is 10.2 Å². The molecule has 0 unspecified atom stereocenters. The molecule has 4 heteroatoms. The predicted molar refractivity (Wildman–Crippen MR) is 72.0 cm³/mol. The van der Waals surface area contributed by atoms with Crippen molar-refractivity contribution in [2.75, 3.05) is 24.3 Å². The minimum atomic E-state index is 0.0590. The van der Waals surface area contributed by atoms with Crippen LogP contribution >= 0.6 is 15.9 Å². The van der Waals surface area contributed by atoms with Gasteiger partial charge in [0.2, 0.25) is 5.91 Å². The average molecular weight is 285 g/mol. The van der Waals surface area contributed by atoms with Crippen molar-refractivity contribution in [2.24, 2.45) is 0 Å². The number of nitrogens with zero attached hydrogens (tertiary/aromatic N) is 1. The lowest BCUT2D eigenvalue weighted by atomic mass is 10.2. The van der Waals surface area contributed by atoms with E-state index in [1.807, 2.05) is 44.1 Å². The maximum absolute atomic E-state index is 11.6. The molecule has 0 fully saturated rings. The second-order valence-electron chi connectivity index (χ2n) is 3.85. The van der Waals surface area contributed by atoms with Crippen LogP contribution in [0.1, 0.15) is 19.8 Å². The van der Waals surface area contributed by atoms with E-state index in [-0.39, 0.29) is 5.91 Å². The van der Waals surface area contributed by atoms with E-state index in [1.54, 1.807) is 0 Å². The molecule has 0 spiro atoms. The van der Waals surface area contributed by atoms with Crippen molar-refractivity contribution in [3.63, 3.8) is 0 Å². The van der Waals surface area contributed by atoms with Crippen LogP contribution in [0.5, 0.6) is 0 Å². The third-order valence-electron chi connectivity index (χ3n) is 2.19. The smallest absolute Gasteiger partial charge is 0.224 e. The van der Waals surface area contributed by atoms with E-state index in [9.17, 15) is 4.79 Å². The van der Waals surface area contributed by atoms with Crippen LogP contribution in [0, 0.1) is 0 Å². The fraction of sp³-hybridized carbons (Fsp3) is 0.417. The number of halogens is 1. The molecule has 1 rings (SSSR count). The Hall–Kier alpha value is -1.03. The van der Waals surface area contributed by atoms with Gasteiger partial charge in [0.15, 0.2) is 0 Å². The lowest BCUT2D eigenvalue weighted by Gasteiger charge is -2.18. The zero-order chi connectivity index (χ0) is 12.1. The first-order chi connectivity index (χ1) is 7.54. The van der Waals surface area contributed by atoms with Gasteiger partial charge in [0.25, 0.3) is 0 Å². The first-order valence-corrected chi connectivity index (χ1v) is 6.10. The molecule has 0 saturated carbocycles. The van der Waals surface area contributed by atoms with E-state index in [1.165, 1.54) is 0 Å². The van der Waals surface area contributed by atoms with Gasteiger partial charge in [-0.1, -0.05) is 22.9 Å². The molecule has 1 aromatic carbocycles. The van der Waals surface area contributed by atoms with E-state index < -0.39 is 0 Å². The number of carbonyl (C=O) groups excluding carboxylic acids is 1. The maximum atomic E-state index is 11.6. The molecule has 0 radical (unpaired) electrons. The normalized spacial score (nSPS) is 10.0. The Bertz CT molecular complexity index is 377. The molecule has 1 aromatic rings. The van der Waals surface area contributed by atoms with E-state index in [0.717, 1.165) is 22.3 Å². The second kappa shape index (κ2) is 5.89. The SMILES string of the molecule is CCCC(=O)Nc1cc(Br)ccc1N(C)C. The average Bonchev–Trinajstić information content (AvgIpc) is 2.17. The molecule has 1 amide bonds. The summed E-state index contributed by atoms with van der Waals surface area (Å²) in [5.41, 5.74) is 1.85. The maximum Gasteiger partial charge on any atom is 0.224 e. The molecule has 0 heterocycles. The molecule has 1 N–H and O–H groups in total. The topological polar surface area (TPSA) is 32.3 Å². The quantitative estimate of drug-likeness (QED) is 0.921. The summed E-state index contributed by atoms with van der Waals surface area (Å²) in [4.78, 5) is 13.5. The molecule has 0 aromatic heterocycles. The number of nitrogens with one attached hydrogen (secondary N) is 1. The number of amides is 1. The Morgan fingerprint density at radius 3 is 2.69 bits per heavy atom. The van der Waals surface area contributed by atoms with Crippen molar-refractivity contribution in [3.05, 3.63) is 22.7 Å². The van der Waals surface area contributed by atoms with Gasteiger partial charge in [-0.05, 0) is 24.6 Å². The van der Waals surface area contributed by atoms with Crippen LogP contribution in [0.3, 0.4) is 0 Å². The van der Waals surface area contributed by atoms with Crippen LogP contribution in [0.4, 0.5) is 11.4 Å². The molecule has 16 heavy (non-hydrogen) atoms. The molecule has 0 aliphatic heterocycles. The van der Waals surface area contributed by atoms with Crippen LogP contribution in [0.2, 0.25) is 0 Å². The summed E-state index contributed by atoms with van der Waals surface area (Å²) in [5, 5.41) is 2.92. The first-order valence-electron chi connectivity index (χ1n) is 5.31. The lowest BCUT2D eigenvalue weighted by Crippen LogP contribution is -2.16. The van der Waals surface area contributed by atoms with Crippen LogP contribution < -0.4 is 10.2 Å². The first kappa shape index (κ1) is 13.0. The van der Waals surface area contributed by atoms with E-state index in [0.29, 0.717) is 6.42 Å². The summed E-state index contributed by atoms with van der Waals surface area (Å²) in [6, 6.07) is 5.86. The zero-order valence-corrected chi connectivity index (χ0v) is 11.5. The van der Waals surface area contributed by atoms with Crippen LogP contribution in [0.15, 0.2) is 22.7 Å². The van der Waals surface area contributed by atoms with Crippen LogP contribution in [-0.2, 0) is 4.79 Å². The summed E-state index contributed by atoms with van der Waals surface area (Å²) >= 11 is 3.40. The van der Waals surface area contributed by atoms with Gasteiger partial charge >= 0.3 is 0 Å². The summed E-state index contributed by atoms with van der Waals surface area (Å²) in [7, 11) is 3.91. The molecule has 0 aliphatic carbocycles. The molecule has 0 atom stereocenters. The number of hydrogen-bond donors (Lipinski definition) is 1. The van der Waals surface area contributed by atoms with Crippen molar-refractivity contribution in [3.8, 4) is 0 Å². The van der Waals surface area contributed by atoms with Crippen molar-refractivity contribution in [2.45, 2.75) is 19.8 Å². The van der Waals surface area contributed by atoms with Crippen molar-refractivity contribution < 1.29 is 4.79 Å². The third kappa shape index (κ3) is 3.52. The summed E-state index contributed by atoms with van der Waals surface area (Å²) < 4.78 is 0.963. The van der Waals surface area contributed by atoms with E-state index in [4.69, 9.17) is 0 Å². The van der Waals surface area contributed by atoms with Gasteiger partial charge in [-0.3, -0.25) is 4.79 Å². The molecule has 88 valence electrons. The standard InChI is InChI=1S/C12H17BrN2O/c1-4-5-12(16)14-10-8-9(13)6-7-11(10)15(2)3/h6-8H,4-5H2,1-3H3,(H,14,16). The van der Waals surface area contributed by atoms with Crippen LogP contribution in [0.25, 0.3) is 0 Å². The summed E-state index contributed by atoms with van der Waals surface area (Å²) in [6.07, 6.45) is 1.41.